The highest BCUT2D eigenvalue weighted by Gasteiger charge is 2.23. The fourth-order valence-electron chi connectivity index (χ4n) is 3.95. The van der Waals surface area contributed by atoms with Crippen molar-refractivity contribution in [3.8, 4) is 6.07 Å². The number of hydrogen-bond donors (Lipinski definition) is 1. The summed E-state index contributed by atoms with van der Waals surface area (Å²) in [6, 6.07) is 2.34. The number of thiophene rings is 1. The third kappa shape index (κ3) is 3.99. The number of amides is 1. The van der Waals surface area contributed by atoms with Crippen molar-refractivity contribution in [3.63, 3.8) is 0 Å². The molecule has 1 aromatic heterocycles. The van der Waals surface area contributed by atoms with Crippen LogP contribution >= 0.6 is 11.3 Å². The molecule has 1 N–H and O–H groups in total. The smallest absolute Gasteiger partial charge is 0.239 e. The van der Waals surface area contributed by atoms with Crippen molar-refractivity contribution in [1.82, 2.24) is 4.90 Å². The molecular weight excluding hydrogens is 318 g/mol. The quantitative estimate of drug-likeness (QED) is 0.841. The van der Waals surface area contributed by atoms with Crippen LogP contribution in [-0.2, 0) is 17.6 Å². The zero-order valence-corrected chi connectivity index (χ0v) is 15.4. The summed E-state index contributed by atoms with van der Waals surface area (Å²) in [5.74, 6) is 0.749. The molecule has 1 atom stereocenters. The van der Waals surface area contributed by atoms with Crippen LogP contribution in [0.4, 0.5) is 5.00 Å². The molecule has 1 aromatic rings. The number of fused-ring (bicyclic) bond motifs is 1. The van der Waals surface area contributed by atoms with E-state index in [4.69, 9.17) is 0 Å². The van der Waals surface area contributed by atoms with Crippen molar-refractivity contribution in [2.75, 3.05) is 25.0 Å². The average Bonchev–Trinajstić information content (AvgIpc) is 2.75. The highest BCUT2D eigenvalue weighted by molar-refractivity contribution is 7.16. The molecule has 24 heavy (non-hydrogen) atoms. The van der Waals surface area contributed by atoms with Crippen LogP contribution in [0.1, 0.15) is 61.5 Å². The topological polar surface area (TPSA) is 56.1 Å². The molecule has 5 heteroatoms. The minimum atomic E-state index is 0.0275. The first kappa shape index (κ1) is 17.4. The number of anilines is 1. The summed E-state index contributed by atoms with van der Waals surface area (Å²) in [5, 5.41) is 13.4. The largest absolute Gasteiger partial charge is 0.315 e. The van der Waals surface area contributed by atoms with Gasteiger partial charge < -0.3 is 5.32 Å². The predicted molar refractivity (Wildman–Crippen MR) is 98.4 cm³/mol. The van der Waals surface area contributed by atoms with Gasteiger partial charge in [-0.25, -0.2) is 0 Å². The lowest BCUT2D eigenvalue weighted by atomic mass is 9.96. The van der Waals surface area contributed by atoms with E-state index < -0.39 is 0 Å². The fraction of sp³-hybridized carbons (Fsp3) is 0.684. The van der Waals surface area contributed by atoms with Gasteiger partial charge in [-0.3, -0.25) is 9.69 Å². The molecule has 0 spiro atoms. The van der Waals surface area contributed by atoms with Gasteiger partial charge in [0.25, 0.3) is 0 Å². The van der Waals surface area contributed by atoms with E-state index in [2.05, 4.69) is 23.2 Å². The Hall–Kier alpha value is -1.38. The summed E-state index contributed by atoms with van der Waals surface area (Å²) >= 11 is 1.62. The van der Waals surface area contributed by atoms with Crippen LogP contribution in [-0.4, -0.2) is 30.4 Å². The van der Waals surface area contributed by atoms with Gasteiger partial charge in [-0.05, 0) is 56.6 Å². The first-order chi connectivity index (χ1) is 11.7. The van der Waals surface area contributed by atoms with Gasteiger partial charge in [0.2, 0.25) is 5.91 Å². The van der Waals surface area contributed by atoms with Gasteiger partial charge in [-0.15, -0.1) is 11.3 Å². The molecular formula is C19H27N3OS. The van der Waals surface area contributed by atoms with Gasteiger partial charge in [-0.1, -0.05) is 19.8 Å². The molecule has 130 valence electrons. The van der Waals surface area contributed by atoms with Gasteiger partial charge in [0.1, 0.15) is 11.1 Å². The summed E-state index contributed by atoms with van der Waals surface area (Å²) in [6.45, 7) is 4.71. The standard InChI is InChI=1S/C19H27N3OS/c1-2-14-7-6-10-22(12-14)13-18(23)21-19-16(11-20)15-8-4-3-5-9-17(15)24-19/h14H,2-10,12-13H2,1H3,(H,21,23). The molecule has 0 aromatic carbocycles. The van der Waals surface area contributed by atoms with Crippen LogP contribution in [0.5, 0.6) is 0 Å². The van der Waals surface area contributed by atoms with Gasteiger partial charge >= 0.3 is 0 Å². The highest BCUT2D eigenvalue weighted by Crippen LogP contribution is 2.37. The number of carbonyl (C=O) groups excluding carboxylic acids is 1. The SMILES string of the molecule is CCC1CCCN(CC(=O)Nc2sc3c(c2C#N)CCCCC3)C1. The van der Waals surface area contributed by atoms with E-state index in [1.807, 2.05) is 0 Å². The van der Waals surface area contributed by atoms with Crippen molar-refractivity contribution in [1.29, 1.82) is 5.26 Å². The monoisotopic (exact) mass is 345 g/mol. The van der Waals surface area contributed by atoms with Crippen molar-refractivity contribution in [2.24, 2.45) is 5.92 Å². The Morgan fingerprint density at radius 3 is 2.96 bits per heavy atom. The van der Waals surface area contributed by atoms with E-state index in [1.165, 1.54) is 42.5 Å². The number of nitrogens with one attached hydrogen (secondary N) is 1. The van der Waals surface area contributed by atoms with Crippen molar-refractivity contribution >= 4 is 22.2 Å². The number of carbonyl (C=O) groups is 1. The third-order valence-corrected chi connectivity index (χ3v) is 6.54. The first-order valence-electron chi connectivity index (χ1n) is 9.28. The lowest BCUT2D eigenvalue weighted by Crippen LogP contribution is -2.40. The van der Waals surface area contributed by atoms with E-state index in [1.54, 1.807) is 11.3 Å². The van der Waals surface area contributed by atoms with Crippen molar-refractivity contribution in [2.45, 2.75) is 58.3 Å². The lowest BCUT2D eigenvalue weighted by molar-refractivity contribution is -0.117. The second kappa shape index (κ2) is 8.13. The van der Waals surface area contributed by atoms with E-state index in [9.17, 15) is 10.1 Å². The Morgan fingerprint density at radius 2 is 2.17 bits per heavy atom. The molecule has 0 saturated carbocycles. The summed E-state index contributed by atoms with van der Waals surface area (Å²) < 4.78 is 0. The minimum Gasteiger partial charge on any atom is -0.315 e. The second-order valence-corrected chi connectivity index (χ2v) is 8.19. The predicted octanol–water partition coefficient (Wildman–Crippen LogP) is 3.95. The molecule has 3 rings (SSSR count). The Bertz CT molecular complexity index is 631. The van der Waals surface area contributed by atoms with Gasteiger partial charge in [0.05, 0.1) is 12.1 Å². The maximum atomic E-state index is 12.5. The Kier molecular flexibility index (Phi) is 5.91. The van der Waals surface area contributed by atoms with Crippen LogP contribution < -0.4 is 5.32 Å². The molecule has 1 amide bonds. The van der Waals surface area contributed by atoms with E-state index in [-0.39, 0.29) is 5.91 Å². The maximum absolute atomic E-state index is 12.5. The molecule has 1 saturated heterocycles. The van der Waals surface area contributed by atoms with Crippen LogP contribution in [0.3, 0.4) is 0 Å². The summed E-state index contributed by atoms with van der Waals surface area (Å²) in [5.41, 5.74) is 1.91. The molecule has 4 nitrogen and oxygen atoms in total. The summed E-state index contributed by atoms with van der Waals surface area (Å²) in [7, 11) is 0. The van der Waals surface area contributed by atoms with Gasteiger partial charge in [-0.2, -0.15) is 5.26 Å². The Morgan fingerprint density at radius 1 is 1.33 bits per heavy atom. The fourth-order valence-corrected chi connectivity index (χ4v) is 5.20. The Balaban J connectivity index is 1.65. The van der Waals surface area contributed by atoms with Crippen molar-refractivity contribution in [3.05, 3.63) is 16.0 Å². The van der Waals surface area contributed by atoms with Crippen LogP contribution in [0.25, 0.3) is 0 Å². The number of likely N-dealkylation sites (tertiary alicyclic amines) is 1. The van der Waals surface area contributed by atoms with E-state index in [0.717, 1.165) is 48.8 Å². The molecule has 2 heterocycles. The molecule has 0 radical (unpaired) electrons. The van der Waals surface area contributed by atoms with Crippen LogP contribution in [0, 0.1) is 17.2 Å². The van der Waals surface area contributed by atoms with E-state index in [0.29, 0.717) is 6.54 Å². The van der Waals surface area contributed by atoms with Crippen molar-refractivity contribution < 1.29 is 4.79 Å². The molecule has 1 unspecified atom stereocenters. The summed E-state index contributed by atoms with van der Waals surface area (Å²) in [4.78, 5) is 16.0. The van der Waals surface area contributed by atoms with Crippen LogP contribution in [0.15, 0.2) is 0 Å². The average molecular weight is 346 g/mol. The number of nitriles is 1. The van der Waals surface area contributed by atoms with Gasteiger partial charge in [0, 0.05) is 11.4 Å². The van der Waals surface area contributed by atoms with Gasteiger partial charge in [0.15, 0.2) is 0 Å². The van der Waals surface area contributed by atoms with E-state index >= 15 is 0 Å². The molecule has 1 aliphatic carbocycles. The normalized spacial score (nSPS) is 21.6. The number of piperidine rings is 1. The number of hydrogen-bond acceptors (Lipinski definition) is 4. The zero-order chi connectivity index (χ0) is 16.9. The lowest BCUT2D eigenvalue weighted by Gasteiger charge is -2.31. The minimum absolute atomic E-state index is 0.0275. The Labute approximate surface area is 148 Å². The third-order valence-electron chi connectivity index (χ3n) is 5.33. The molecule has 1 aliphatic heterocycles. The summed E-state index contributed by atoms with van der Waals surface area (Å²) in [6.07, 6.45) is 9.27. The second-order valence-electron chi connectivity index (χ2n) is 7.08. The zero-order valence-electron chi connectivity index (χ0n) is 14.6. The molecule has 0 bridgehead atoms. The first-order valence-corrected chi connectivity index (χ1v) is 10.1. The molecule has 2 aliphatic rings. The number of rotatable bonds is 4. The number of nitrogens with zero attached hydrogens (tertiary/aromatic N) is 2. The van der Waals surface area contributed by atoms with Crippen LogP contribution in [0.2, 0.25) is 0 Å². The molecule has 1 fully saturated rings. The maximum Gasteiger partial charge on any atom is 0.239 e. The number of aryl methyl sites for hydroxylation is 1. The highest BCUT2D eigenvalue weighted by atomic mass is 32.1.